The number of benzene rings is 1. The van der Waals surface area contributed by atoms with Gasteiger partial charge in [0.1, 0.15) is 0 Å². The summed E-state index contributed by atoms with van der Waals surface area (Å²) >= 11 is 0. The predicted octanol–water partition coefficient (Wildman–Crippen LogP) is 4.63. The van der Waals surface area contributed by atoms with Crippen LogP contribution in [-0.2, 0) is 0 Å². The highest BCUT2D eigenvalue weighted by Crippen LogP contribution is 2.23. The fourth-order valence-electron chi connectivity index (χ4n) is 2.25. The number of Topliss-reactive ketones (excluding diaryl/α,β-unsaturated/α-hetero) is 1. The first-order chi connectivity index (χ1) is 8.97. The molecule has 0 radical (unpaired) electrons. The minimum Gasteiger partial charge on any atom is -0.294 e. The molecule has 100 valence electrons. The Morgan fingerprint density at radius 2 is 1.89 bits per heavy atom. The number of hydrogen-bond acceptors (Lipinski definition) is 2. The van der Waals surface area contributed by atoms with Gasteiger partial charge in [0.2, 0.25) is 0 Å². The third kappa shape index (κ3) is 3.63. The second kappa shape index (κ2) is 5.52. The molecule has 0 aliphatic carbocycles. The van der Waals surface area contributed by atoms with E-state index >= 15 is 0 Å². The quantitative estimate of drug-likeness (QED) is 0.745. The number of para-hydroxylation sites is 1. The molecule has 2 aromatic rings. The Bertz CT molecular complexity index is 576. The molecule has 0 saturated heterocycles. The highest BCUT2D eigenvalue weighted by atomic mass is 16.1. The first-order valence-corrected chi connectivity index (χ1v) is 6.84. The summed E-state index contributed by atoms with van der Waals surface area (Å²) in [5.74, 6) is 0.225. The monoisotopic (exact) mass is 255 g/mol. The summed E-state index contributed by atoms with van der Waals surface area (Å²) in [7, 11) is 0. The molecule has 0 bridgehead atoms. The Labute approximate surface area is 114 Å². The molecular weight excluding hydrogens is 234 g/mol. The molecule has 0 amide bonds. The maximum atomic E-state index is 12.3. The fourth-order valence-corrected chi connectivity index (χ4v) is 2.25. The van der Waals surface area contributed by atoms with Gasteiger partial charge in [-0.1, -0.05) is 39.0 Å². The summed E-state index contributed by atoms with van der Waals surface area (Å²) in [6.45, 7) is 6.62. The van der Waals surface area contributed by atoms with Crippen molar-refractivity contribution in [2.45, 2.75) is 40.0 Å². The molecule has 0 saturated carbocycles. The van der Waals surface area contributed by atoms with Gasteiger partial charge in [-0.25, -0.2) is 0 Å². The number of nitrogens with zero attached hydrogens (tertiary/aromatic N) is 1. The summed E-state index contributed by atoms with van der Waals surface area (Å²) < 4.78 is 0. The Morgan fingerprint density at radius 1 is 1.16 bits per heavy atom. The molecule has 1 aromatic carbocycles. The van der Waals surface area contributed by atoms with E-state index in [1.54, 1.807) is 6.20 Å². The van der Waals surface area contributed by atoms with E-state index in [-0.39, 0.29) is 5.78 Å². The minimum absolute atomic E-state index is 0.225. The summed E-state index contributed by atoms with van der Waals surface area (Å²) in [6.07, 6.45) is 4.35. The van der Waals surface area contributed by atoms with Gasteiger partial charge < -0.3 is 0 Å². The van der Waals surface area contributed by atoms with Crippen LogP contribution in [0.15, 0.2) is 36.5 Å². The molecule has 1 aromatic heterocycles. The molecule has 0 atom stereocenters. The molecule has 0 aliphatic heterocycles. The van der Waals surface area contributed by atoms with Crippen molar-refractivity contribution in [2.24, 2.45) is 5.41 Å². The summed E-state index contributed by atoms with van der Waals surface area (Å²) in [6, 6.07) is 9.65. The number of aromatic nitrogens is 1. The highest BCUT2D eigenvalue weighted by Gasteiger charge is 2.13. The highest BCUT2D eigenvalue weighted by molar-refractivity contribution is 6.07. The van der Waals surface area contributed by atoms with Gasteiger partial charge in [0, 0.05) is 23.6 Å². The van der Waals surface area contributed by atoms with Gasteiger partial charge in [-0.2, -0.15) is 0 Å². The third-order valence-electron chi connectivity index (χ3n) is 3.28. The topological polar surface area (TPSA) is 30.0 Å². The molecule has 2 rings (SSSR count). The lowest BCUT2D eigenvalue weighted by molar-refractivity contribution is 0.0977. The lowest BCUT2D eigenvalue weighted by atomic mass is 9.88. The minimum atomic E-state index is 0.225. The van der Waals surface area contributed by atoms with Gasteiger partial charge in [0.05, 0.1) is 5.52 Å². The van der Waals surface area contributed by atoms with Crippen molar-refractivity contribution in [3.63, 3.8) is 0 Å². The van der Waals surface area contributed by atoms with Crippen LogP contribution in [0.25, 0.3) is 10.9 Å². The molecular formula is C17H21NO. The molecule has 2 nitrogen and oxygen atoms in total. The van der Waals surface area contributed by atoms with Crippen molar-refractivity contribution in [3.8, 4) is 0 Å². The van der Waals surface area contributed by atoms with Crippen molar-refractivity contribution in [1.29, 1.82) is 0 Å². The lowest BCUT2D eigenvalue weighted by Crippen LogP contribution is -2.07. The maximum Gasteiger partial charge on any atom is 0.163 e. The van der Waals surface area contributed by atoms with Crippen LogP contribution in [0, 0.1) is 5.41 Å². The summed E-state index contributed by atoms with van der Waals surface area (Å²) in [4.78, 5) is 16.6. The van der Waals surface area contributed by atoms with Crippen molar-refractivity contribution in [1.82, 2.24) is 4.98 Å². The van der Waals surface area contributed by atoms with Crippen molar-refractivity contribution < 1.29 is 4.79 Å². The number of ketones is 1. The molecule has 0 fully saturated rings. The van der Waals surface area contributed by atoms with Gasteiger partial charge in [-0.3, -0.25) is 9.78 Å². The van der Waals surface area contributed by atoms with Crippen LogP contribution < -0.4 is 0 Å². The maximum absolute atomic E-state index is 12.3. The molecule has 0 spiro atoms. The number of fused-ring (bicyclic) bond motifs is 1. The average Bonchev–Trinajstić information content (AvgIpc) is 2.36. The first-order valence-electron chi connectivity index (χ1n) is 6.84. The van der Waals surface area contributed by atoms with Gasteiger partial charge in [0.15, 0.2) is 5.78 Å². The van der Waals surface area contributed by atoms with E-state index in [4.69, 9.17) is 0 Å². The average molecular weight is 255 g/mol. The van der Waals surface area contributed by atoms with Crippen LogP contribution in [0.4, 0.5) is 0 Å². The number of rotatable bonds is 4. The van der Waals surface area contributed by atoms with Gasteiger partial charge in [-0.15, -0.1) is 0 Å². The van der Waals surface area contributed by atoms with E-state index < -0.39 is 0 Å². The zero-order chi connectivity index (χ0) is 13.9. The van der Waals surface area contributed by atoms with E-state index in [0.717, 1.165) is 29.3 Å². The Morgan fingerprint density at radius 3 is 2.63 bits per heavy atom. The fraction of sp³-hybridized carbons (Fsp3) is 0.412. The standard InChI is InChI=1S/C17H21NO/c1-17(2,3)11-6-9-16(19)14-10-12-18-15-8-5-4-7-13(14)15/h4-5,7-8,10,12H,6,9,11H2,1-3H3. The molecule has 19 heavy (non-hydrogen) atoms. The second-order valence-electron chi connectivity index (χ2n) is 6.21. The van der Waals surface area contributed by atoms with E-state index in [9.17, 15) is 4.79 Å². The molecule has 0 N–H and O–H groups in total. The van der Waals surface area contributed by atoms with E-state index in [1.807, 2.05) is 30.3 Å². The summed E-state index contributed by atoms with van der Waals surface area (Å²) in [5.41, 5.74) is 1.99. The van der Waals surface area contributed by atoms with Crippen LogP contribution in [-0.4, -0.2) is 10.8 Å². The van der Waals surface area contributed by atoms with Crippen LogP contribution in [0.1, 0.15) is 50.4 Å². The lowest BCUT2D eigenvalue weighted by Gasteiger charge is -2.17. The third-order valence-corrected chi connectivity index (χ3v) is 3.28. The first kappa shape index (κ1) is 13.7. The zero-order valence-corrected chi connectivity index (χ0v) is 11.9. The van der Waals surface area contributed by atoms with Gasteiger partial charge in [0.25, 0.3) is 0 Å². The number of pyridine rings is 1. The van der Waals surface area contributed by atoms with E-state index in [2.05, 4.69) is 25.8 Å². The number of carbonyl (C=O) groups is 1. The van der Waals surface area contributed by atoms with Gasteiger partial charge in [-0.05, 0) is 30.4 Å². The van der Waals surface area contributed by atoms with Crippen molar-refractivity contribution in [3.05, 3.63) is 42.1 Å². The Kier molecular flexibility index (Phi) is 3.98. The molecule has 1 heterocycles. The van der Waals surface area contributed by atoms with Crippen molar-refractivity contribution in [2.75, 3.05) is 0 Å². The number of hydrogen-bond donors (Lipinski definition) is 0. The summed E-state index contributed by atoms with van der Waals surface area (Å²) in [5, 5.41) is 0.964. The van der Waals surface area contributed by atoms with Crippen LogP contribution in [0.2, 0.25) is 0 Å². The predicted molar refractivity (Wildman–Crippen MR) is 79.4 cm³/mol. The zero-order valence-electron chi connectivity index (χ0n) is 11.9. The van der Waals surface area contributed by atoms with Crippen LogP contribution >= 0.6 is 0 Å². The Balaban J connectivity index is 2.14. The SMILES string of the molecule is CC(C)(C)CCCC(=O)c1ccnc2ccccc12. The largest absolute Gasteiger partial charge is 0.294 e. The van der Waals surface area contributed by atoms with Crippen molar-refractivity contribution >= 4 is 16.7 Å². The molecule has 2 heteroatoms. The Hall–Kier alpha value is -1.70. The molecule has 0 unspecified atom stereocenters. The van der Waals surface area contributed by atoms with Crippen LogP contribution in [0.5, 0.6) is 0 Å². The molecule has 0 aliphatic rings. The van der Waals surface area contributed by atoms with E-state index in [0.29, 0.717) is 11.8 Å². The van der Waals surface area contributed by atoms with E-state index in [1.165, 1.54) is 0 Å². The van der Waals surface area contributed by atoms with Crippen LogP contribution in [0.3, 0.4) is 0 Å². The smallest absolute Gasteiger partial charge is 0.163 e. The van der Waals surface area contributed by atoms with Gasteiger partial charge >= 0.3 is 0 Å². The normalized spacial score (nSPS) is 11.7. The number of carbonyl (C=O) groups excluding carboxylic acids is 1. The second-order valence-corrected chi connectivity index (χ2v) is 6.21.